The molecule has 1 heteroatoms. The Bertz CT molecular complexity index is 393. The molecule has 0 aliphatic heterocycles. The van der Waals surface area contributed by atoms with Crippen molar-refractivity contribution >= 4 is 24.0 Å². The van der Waals surface area contributed by atoms with Crippen LogP contribution in [0.5, 0.6) is 0 Å². The molecule has 0 amide bonds. The van der Waals surface area contributed by atoms with Crippen LogP contribution in [0.4, 0.5) is 0 Å². The van der Waals surface area contributed by atoms with Gasteiger partial charge in [-0.25, -0.2) is 0 Å². The SMILES string of the molecule is Cc1ccccc1-c1ccccc1.I. The van der Waals surface area contributed by atoms with Crippen molar-refractivity contribution in [3.05, 3.63) is 60.2 Å². The zero-order chi connectivity index (χ0) is 9.10. The van der Waals surface area contributed by atoms with Gasteiger partial charge >= 0.3 is 0 Å². The maximum atomic E-state index is 2.16. The van der Waals surface area contributed by atoms with E-state index in [1.807, 2.05) is 6.07 Å². The van der Waals surface area contributed by atoms with Crippen molar-refractivity contribution in [1.29, 1.82) is 0 Å². The van der Waals surface area contributed by atoms with Crippen molar-refractivity contribution in [2.45, 2.75) is 6.92 Å². The van der Waals surface area contributed by atoms with Gasteiger partial charge in [0.1, 0.15) is 0 Å². The Labute approximate surface area is 102 Å². The summed E-state index contributed by atoms with van der Waals surface area (Å²) in [6, 6.07) is 18.9. The highest BCUT2D eigenvalue weighted by Gasteiger charge is 1.97. The van der Waals surface area contributed by atoms with Crippen molar-refractivity contribution in [2.75, 3.05) is 0 Å². The summed E-state index contributed by atoms with van der Waals surface area (Å²) in [5, 5.41) is 0. The molecule has 14 heavy (non-hydrogen) atoms. The van der Waals surface area contributed by atoms with Crippen LogP contribution in [0.25, 0.3) is 11.1 Å². The van der Waals surface area contributed by atoms with E-state index in [4.69, 9.17) is 0 Å². The van der Waals surface area contributed by atoms with Gasteiger partial charge in [-0.3, -0.25) is 0 Å². The first-order chi connectivity index (χ1) is 6.38. The van der Waals surface area contributed by atoms with E-state index < -0.39 is 0 Å². The molecule has 0 spiro atoms. The van der Waals surface area contributed by atoms with Gasteiger partial charge in [0.15, 0.2) is 0 Å². The second-order valence-electron chi connectivity index (χ2n) is 3.18. The normalized spacial score (nSPS) is 9.21. The van der Waals surface area contributed by atoms with Gasteiger partial charge in [0.25, 0.3) is 0 Å². The Kier molecular flexibility index (Phi) is 4.14. The van der Waals surface area contributed by atoms with Crippen molar-refractivity contribution in [3.63, 3.8) is 0 Å². The molecule has 2 aromatic rings. The van der Waals surface area contributed by atoms with Crippen molar-refractivity contribution in [2.24, 2.45) is 0 Å². The third-order valence-electron chi connectivity index (χ3n) is 2.23. The highest BCUT2D eigenvalue weighted by Crippen LogP contribution is 2.21. The molecule has 0 aliphatic rings. The minimum absolute atomic E-state index is 0. The average molecular weight is 296 g/mol. The van der Waals surface area contributed by atoms with Crippen LogP contribution in [0.1, 0.15) is 5.56 Å². The lowest BCUT2D eigenvalue weighted by molar-refractivity contribution is 1.46. The zero-order valence-electron chi connectivity index (χ0n) is 8.10. The Balaban J connectivity index is 0.000000980. The highest BCUT2D eigenvalue weighted by atomic mass is 127. The van der Waals surface area contributed by atoms with E-state index in [2.05, 4.69) is 55.5 Å². The summed E-state index contributed by atoms with van der Waals surface area (Å²) in [5.41, 5.74) is 3.94. The van der Waals surface area contributed by atoms with E-state index in [1.54, 1.807) is 0 Å². The second-order valence-corrected chi connectivity index (χ2v) is 3.18. The molecular formula is C13H13I. The Morgan fingerprint density at radius 1 is 0.714 bits per heavy atom. The van der Waals surface area contributed by atoms with Crippen LogP contribution in [0.2, 0.25) is 0 Å². The molecule has 2 aromatic carbocycles. The van der Waals surface area contributed by atoms with E-state index in [-0.39, 0.29) is 24.0 Å². The molecule has 72 valence electrons. The van der Waals surface area contributed by atoms with Crippen LogP contribution in [-0.2, 0) is 0 Å². The lowest BCUT2D eigenvalue weighted by Crippen LogP contribution is -1.80. The number of rotatable bonds is 1. The van der Waals surface area contributed by atoms with Crippen molar-refractivity contribution in [1.82, 2.24) is 0 Å². The molecular weight excluding hydrogens is 283 g/mol. The lowest BCUT2D eigenvalue weighted by Gasteiger charge is -2.04. The maximum Gasteiger partial charge on any atom is -0.0155 e. The average Bonchev–Trinajstić information content (AvgIpc) is 2.20. The quantitative estimate of drug-likeness (QED) is 0.689. The van der Waals surface area contributed by atoms with Gasteiger partial charge in [0.2, 0.25) is 0 Å². The second kappa shape index (κ2) is 5.15. The minimum atomic E-state index is 0. The van der Waals surface area contributed by atoms with Crippen LogP contribution in [0.15, 0.2) is 54.6 Å². The number of aryl methyl sites for hydroxylation is 1. The van der Waals surface area contributed by atoms with Gasteiger partial charge in [0, 0.05) is 0 Å². The molecule has 0 N–H and O–H groups in total. The summed E-state index contributed by atoms with van der Waals surface area (Å²) in [6.45, 7) is 2.14. The summed E-state index contributed by atoms with van der Waals surface area (Å²) >= 11 is 0. The molecule has 0 saturated carbocycles. The Morgan fingerprint density at radius 2 is 1.29 bits per heavy atom. The number of hydrogen-bond donors (Lipinski definition) is 0. The van der Waals surface area contributed by atoms with Gasteiger partial charge in [-0.1, -0.05) is 54.6 Å². The Morgan fingerprint density at radius 3 is 1.93 bits per heavy atom. The molecule has 0 aromatic heterocycles. The Hall–Kier alpha value is -0.830. The van der Waals surface area contributed by atoms with Gasteiger partial charge in [-0.15, -0.1) is 24.0 Å². The van der Waals surface area contributed by atoms with Crippen LogP contribution in [-0.4, -0.2) is 0 Å². The lowest BCUT2D eigenvalue weighted by atomic mass is 10.0. The third kappa shape index (κ3) is 2.35. The van der Waals surface area contributed by atoms with Crippen molar-refractivity contribution in [3.8, 4) is 11.1 Å². The highest BCUT2D eigenvalue weighted by molar-refractivity contribution is 14.0. The predicted octanol–water partition coefficient (Wildman–Crippen LogP) is 4.28. The molecule has 2 rings (SSSR count). The third-order valence-corrected chi connectivity index (χ3v) is 2.23. The smallest absolute Gasteiger partial charge is 0.0155 e. The molecule has 0 atom stereocenters. The fourth-order valence-corrected chi connectivity index (χ4v) is 1.51. The summed E-state index contributed by atoms with van der Waals surface area (Å²) in [7, 11) is 0. The fraction of sp³-hybridized carbons (Fsp3) is 0.0769. The van der Waals surface area contributed by atoms with E-state index in [1.165, 1.54) is 16.7 Å². The number of benzene rings is 2. The monoisotopic (exact) mass is 296 g/mol. The largest absolute Gasteiger partial charge is 0.107 e. The first-order valence-electron chi connectivity index (χ1n) is 4.49. The standard InChI is InChI=1S/C13H12.HI/c1-11-7-5-6-10-13(11)12-8-3-2-4-9-12;/h2-10H,1H3;1H. The summed E-state index contributed by atoms with van der Waals surface area (Å²) in [6.07, 6.45) is 0. The maximum absolute atomic E-state index is 2.16. The van der Waals surface area contributed by atoms with Gasteiger partial charge in [0.05, 0.1) is 0 Å². The summed E-state index contributed by atoms with van der Waals surface area (Å²) in [5.74, 6) is 0. The number of halogens is 1. The van der Waals surface area contributed by atoms with Gasteiger partial charge in [-0.2, -0.15) is 0 Å². The van der Waals surface area contributed by atoms with Crippen LogP contribution in [0.3, 0.4) is 0 Å². The van der Waals surface area contributed by atoms with Crippen LogP contribution >= 0.6 is 24.0 Å². The first kappa shape index (κ1) is 11.2. The van der Waals surface area contributed by atoms with Crippen LogP contribution < -0.4 is 0 Å². The van der Waals surface area contributed by atoms with Gasteiger partial charge in [-0.05, 0) is 23.6 Å². The predicted molar refractivity (Wildman–Crippen MR) is 72.0 cm³/mol. The molecule has 0 heterocycles. The summed E-state index contributed by atoms with van der Waals surface area (Å²) in [4.78, 5) is 0. The van der Waals surface area contributed by atoms with E-state index >= 15 is 0 Å². The van der Waals surface area contributed by atoms with Crippen molar-refractivity contribution < 1.29 is 0 Å². The molecule has 0 unspecified atom stereocenters. The minimum Gasteiger partial charge on any atom is -0.107 e. The van der Waals surface area contributed by atoms with E-state index in [9.17, 15) is 0 Å². The fourth-order valence-electron chi connectivity index (χ4n) is 1.51. The summed E-state index contributed by atoms with van der Waals surface area (Å²) < 4.78 is 0. The molecule has 0 fully saturated rings. The van der Waals surface area contributed by atoms with Crippen LogP contribution in [0, 0.1) is 6.92 Å². The topological polar surface area (TPSA) is 0 Å². The molecule has 0 radical (unpaired) electrons. The first-order valence-corrected chi connectivity index (χ1v) is 4.49. The molecule has 0 nitrogen and oxygen atoms in total. The number of hydrogen-bond acceptors (Lipinski definition) is 0. The van der Waals surface area contributed by atoms with Gasteiger partial charge < -0.3 is 0 Å². The molecule has 0 bridgehead atoms. The van der Waals surface area contributed by atoms with E-state index in [0.717, 1.165) is 0 Å². The molecule has 0 saturated heterocycles. The van der Waals surface area contributed by atoms with E-state index in [0.29, 0.717) is 0 Å². The zero-order valence-corrected chi connectivity index (χ0v) is 10.4. The molecule has 0 aliphatic carbocycles.